The fourth-order valence-electron chi connectivity index (χ4n) is 1.63. The fourth-order valence-corrected chi connectivity index (χ4v) is 1.63. The Labute approximate surface area is 95.1 Å². The highest BCUT2D eigenvalue weighted by Gasteiger charge is 2.13. The Morgan fingerprint density at radius 1 is 0.875 bits per heavy atom. The van der Waals surface area contributed by atoms with Gasteiger partial charge in [-0.2, -0.15) is 0 Å². The average molecular weight is 228 g/mol. The number of benzene rings is 1. The summed E-state index contributed by atoms with van der Waals surface area (Å²) in [5.41, 5.74) is 2.28. The van der Waals surface area contributed by atoms with Crippen LogP contribution in [0.1, 0.15) is 16.7 Å². The molecule has 4 heteroatoms. The molecule has 0 fully saturated rings. The van der Waals surface area contributed by atoms with E-state index in [2.05, 4.69) is 0 Å². The van der Waals surface area contributed by atoms with Crippen molar-refractivity contribution in [2.45, 2.75) is 19.8 Å². The number of rotatable bonds is 6. The maximum atomic E-state index is 13.6. The standard InChI is InChI=1S/C12H17FO3/c1-14-6-9-4-5-12(13)11(8-16-3)10(9)7-15-2/h4-5H,6-8H2,1-3H3. The van der Waals surface area contributed by atoms with Crippen molar-refractivity contribution in [1.29, 1.82) is 0 Å². The summed E-state index contributed by atoms with van der Waals surface area (Å²) in [7, 11) is 4.73. The lowest BCUT2D eigenvalue weighted by Crippen LogP contribution is -2.06. The van der Waals surface area contributed by atoms with E-state index in [0.717, 1.165) is 11.1 Å². The predicted molar refractivity (Wildman–Crippen MR) is 58.5 cm³/mol. The van der Waals surface area contributed by atoms with Crippen molar-refractivity contribution in [1.82, 2.24) is 0 Å². The molecule has 1 aromatic carbocycles. The van der Waals surface area contributed by atoms with Gasteiger partial charge in [-0.15, -0.1) is 0 Å². The molecule has 90 valence electrons. The first-order valence-corrected chi connectivity index (χ1v) is 5.00. The minimum atomic E-state index is -0.270. The van der Waals surface area contributed by atoms with Gasteiger partial charge in [0.05, 0.1) is 19.8 Å². The van der Waals surface area contributed by atoms with Gasteiger partial charge in [0.15, 0.2) is 0 Å². The molecule has 0 unspecified atom stereocenters. The third kappa shape index (κ3) is 3.01. The van der Waals surface area contributed by atoms with Gasteiger partial charge in [-0.1, -0.05) is 6.07 Å². The highest BCUT2D eigenvalue weighted by atomic mass is 19.1. The van der Waals surface area contributed by atoms with Crippen LogP contribution in [-0.4, -0.2) is 21.3 Å². The molecule has 0 aliphatic rings. The van der Waals surface area contributed by atoms with Gasteiger partial charge < -0.3 is 14.2 Å². The Kier molecular flexibility index (Phi) is 5.38. The Balaban J connectivity index is 3.14. The molecule has 0 heterocycles. The summed E-state index contributed by atoms with van der Waals surface area (Å²) in [6, 6.07) is 3.15. The molecule has 1 rings (SSSR count). The van der Waals surface area contributed by atoms with Crippen LogP contribution in [0.5, 0.6) is 0 Å². The zero-order valence-electron chi connectivity index (χ0n) is 9.88. The fraction of sp³-hybridized carbons (Fsp3) is 0.500. The molecular formula is C12H17FO3. The molecular weight excluding hydrogens is 211 g/mol. The molecule has 0 saturated heterocycles. The highest BCUT2D eigenvalue weighted by Crippen LogP contribution is 2.21. The average Bonchev–Trinajstić information content (AvgIpc) is 2.27. The molecule has 0 spiro atoms. The van der Waals surface area contributed by atoms with Gasteiger partial charge in [0, 0.05) is 26.9 Å². The lowest BCUT2D eigenvalue weighted by Gasteiger charge is -2.14. The number of halogens is 1. The van der Waals surface area contributed by atoms with Crippen LogP contribution in [0.4, 0.5) is 4.39 Å². The van der Waals surface area contributed by atoms with Crippen LogP contribution in [0, 0.1) is 5.82 Å². The second-order valence-corrected chi connectivity index (χ2v) is 3.46. The third-order valence-corrected chi connectivity index (χ3v) is 2.35. The van der Waals surface area contributed by atoms with Crippen molar-refractivity contribution in [2.24, 2.45) is 0 Å². The van der Waals surface area contributed by atoms with E-state index in [-0.39, 0.29) is 12.4 Å². The SMILES string of the molecule is COCc1ccc(F)c(COC)c1COC. The number of hydrogen-bond acceptors (Lipinski definition) is 3. The predicted octanol–water partition coefficient (Wildman–Crippen LogP) is 2.26. The zero-order valence-corrected chi connectivity index (χ0v) is 9.88. The molecule has 0 aromatic heterocycles. The van der Waals surface area contributed by atoms with Crippen LogP contribution in [0.2, 0.25) is 0 Å². The minimum absolute atomic E-state index is 0.238. The van der Waals surface area contributed by atoms with Gasteiger partial charge in [-0.05, 0) is 17.2 Å². The van der Waals surface area contributed by atoms with E-state index in [9.17, 15) is 4.39 Å². The molecule has 16 heavy (non-hydrogen) atoms. The Bertz CT molecular complexity index is 339. The zero-order chi connectivity index (χ0) is 12.0. The molecule has 0 N–H and O–H groups in total. The first kappa shape index (κ1) is 13.1. The summed E-state index contributed by atoms with van der Waals surface area (Å²) < 4.78 is 28.7. The molecule has 0 amide bonds. The lowest BCUT2D eigenvalue weighted by atomic mass is 10.0. The van der Waals surface area contributed by atoms with Crippen molar-refractivity contribution in [2.75, 3.05) is 21.3 Å². The Morgan fingerprint density at radius 2 is 1.44 bits per heavy atom. The van der Waals surface area contributed by atoms with E-state index in [4.69, 9.17) is 14.2 Å². The van der Waals surface area contributed by atoms with Crippen molar-refractivity contribution in [3.8, 4) is 0 Å². The van der Waals surface area contributed by atoms with E-state index < -0.39 is 0 Å². The molecule has 0 radical (unpaired) electrons. The van der Waals surface area contributed by atoms with Gasteiger partial charge in [0.1, 0.15) is 5.82 Å². The summed E-state index contributed by atoms with van der Waals surface area (Å²) in [5, 5.41) is 0. The third-order valence-electron chi connectivity index (χ3n) is 2.35. The summed E-state index contributed by atoms with van der Waals surface area (Å²) >= 11 is 0. The molecule has 0 aliphatic carbocycles. The lowest BCUT2D eigenvalue weighted by molar-refractivity contribution is 0.156. The van der Waals surface area contributed by atoms with E-state index in [0.29, 0.717) is 18.8 Å². The Hall–Kier alpha value is -0.970. The molecule has 0 bridgehead atoms. The quantitative estimate of drug-likeness (QED) is 0.747. The van der Waals surface area contributed by atoms with Crippen LogP contribution in [0.3, 0.4) is 0 Å². The smallest absolute Gasteiger partial charge is 0.129 e. The number of hydrogen-bond donors (Lipinski definition) is 0. The minimum Gasteiger partial charge on any atom is -0.380 e. The maximum Gasteiger partial charge on any atom is 0.129 e. The molecule has 0 aliphatic heterocycles. The summed E-state index contributed by atoms with van der Waals surface area (Å²) in [6.45, 7) is 1.03. The largest absolute Gasteiger partial charge is 0.380 e. The summed E-state index contributed by atoms with van der Waals surface area (Å²) in [6.07, 6.45) is 0. The van der Waals surface area contributed by atoms with E-state index in [1.54, 1.807) is 27.4 Å². The van der Waals surface area contributed by atoms with Crippen LogP contribution in [0.25, 0.3) is 0 Å². The van der Waals surface area contributed by atoms with Crippen molar-refractivity contribution < 1.29 is 18.6 Å². The number of ether oxygens (including phenoxy) is 3. The molecule has 0 saturated carbocycles. The van der Waals surface area contributed by atoms with Crippen molar-refractivity contribution in [3.05, 3.63) is 34.6 Å². The van der Waals surface area contributed by atoms with Crippen LogP contribution in [0.15, 0.2) is 12.1 Å². The molecule has 0 atom stereocenters. The normalized spacial score (nSPS) is 10.8. The first-order chi connectivity index (χ1) is 7.74. The second kappa shape index (κ2) is 6.58. The maximum absolute atomic E-state index is 13.6. The number of methoxy groups -OCH3 is 3. The second-order valence-electron chi connectivity index (χ2n) is 3.46. The Morgan fingerprint density at radius 3 is 2.00 bits per heavy atom. The highest BCUT2D eigenvalue weighted by molar-refractivity contribution is 5.35. The topological polar surface area (TPSA) is 27.7 Å². The summed E-state index contributed by atoms with van der Waals surface area (Å²) in [5.74, 6) is -0.270. The molecule has 1 aromatic rings. The van der Waals surface area contributed by atoms with Crippen molar-refractivity contribution in [3.63, 3.8) is 0 Å². The summed E-state index contributed by atoms with van der Waals surface area (Å²) in [4.78, 5) is 0. The monoisotopic (exact) mass is 228 g/mol. The first-order valence-electron chi connectivity index (χ1n) is 5.00. The van der Waals surface area contributed by atoms with Gasteiger partial charge >= 0.3 is 0 Å². The van der Waals surface area contributed by atoms with E-state index >= 15 is 0 Å². The van der Waals surface area contributed by atoms with Crippen molar-refractivity contribution >= 4 is 0 Å². The van der Waals surface area contributed by atoms with Crippen LogP contribution >= 0.6 is 0 Å². The van der Waals surface area contributed by atoms with E-state index in [1.165, 1.54) is 6.07 Å². The van der Waals surface area contributed by atoms with Crippen LogP contribution in [-0.2, 0) is 34.0 Å². The molecule has 3 nitrogen and oxygen atoms in total. The van der Waals surface area contributed by atoms with Gasteiger partial charge in [0.2, 0.25) is 0 Å². The van der Waals surface area contributed by atoms with Gasteiger partial charge in [-0.25, -0.2) is 4.39 Å². The van der Waals surface area contributed by atoms with Gasteiger partial charge in [-0.3, -0.25) is 0 Å². The van der Waals surface area contributed by atoms with E-state index in [1.807, 2.05) is 0 Å². The van der Waals surface area contributed by atoms with Gasteiger partial charge in [0.25, 0.3) is 0 Å². The van der Waals surface area contributed by atoms with Crippen LogP contribution < -0.4 is 0 Å².